The first-order valence-electron chi connectivity index (χ1n) is 10.2. The van der Waals surface area contributed by atoms with Gasteiger partial charge in [-0.3, -0.25) is 4.57 Å². The summed E-state index contributed by atoms with van der Waals surface area (Å²) in [7, 11) is 0. The quantitative estimate of drug-likeness (QED) is 0.103. The largest absolute Gasteiger partial charge is 0.380 e. The maximum Gasteiger partial charge on any atom is 0.176 e. The summed E-state index contributed by atoms with van der Waals surface area (Å²) in [5.41, 5.74) is 15.5. The van der Waals surface area contributed by atoms with Gasteiger partial charge in [-0.25, -0.2) is 13.8 Å². The zero-order valence-corrected chi connectivity index (χ0v) is 19.2. The van der Waals surface area contributed by atoms with E-state index in [1.165, 1.54) is 34.9 Å². The van der Waals surface area contributed by atoms with Crippen LogP contribution in [0.5, 0.6) is 0 Å². The number of fused-ring (bicyclic) bond motifs is 1. The van der Waals surface area contributed by atoms with Gasteiger partial charge in [-0.05, 0) is 47.9 Å². The molecule has 0 amide bonds. The Hall–Kier alpha value is -4.08. The smallest absolute Gasteiger partial charge is 0.176 e. The van der Waals surface area contributed by atoms with E-state index in [0.717, 1.165) is 10.9 Å². The van der Waals surface area contributed by atoms with Crippen LogP contribution in [0.3, 0.4) is 0 Å². The number of halogens is 4. The molecule has 0 saturated carbocycles. The fraction of sp³-hybridized carbons (Fsp3) is 0. The highest BCUT2D eigenvalue weighted by Crippen LogP contribution is 2.37. The molecule has 3 aromatic carbocycles. The molecule has 2 aromatic heterocycles. The summed E-state index contributed by atoms with van der Waals surface area (Å²) >= 11 is 12.2. The Morgan fingerprint density at radius 3 is 2.57 bits per heavy atom. The molecule has 4 N–H and O–H groups in total. The molecule has 7 nitrogen and oxygen atoms in total. The molecule has 174 valence electrons. The van der Waals surface area contributed by atoms with E-state index in [9.17, 15) is 4.39 Å². The molecule has 0 spiro atoms. The lowest BCUT2D eigenvalue weighted by Crippen LogP contribution is -2.15. The topological polar surface area (TPSA) is 108 Å². The van der Waals surface area contributed by atoms with Crippen LogP contribution in [0.25, 0.3) is 39.2 Å². The average Bonchev–Trinajstić information content (AvgIpc) is 3.47. The van der Waals surface area contributed by atoms with Crippen molar-refractivity contribution in [3.8, 4) is 28.3 Å². The first kappa shape index (κ1) is 22.7. The molecule has 2 heterocycles. The predicted octanol–water partition coefficient (Wildman–Crippen LogP) is 6.92. The van der Waals surface area contributed by atoms with Crippen LogP contribution < -0.4 is 5.73 Å². The van der Waals surface area contributed by atoms with Crippen molar-refractivity contribution in [2.45, 2.75) is 0 Å². The lowest BCUT2D eigenvalue weighted by molar-refractivity contribution is 0.619. The Balaban J connectivity index is 1.93. The number of rotatable bonds is 5. The standard InChI is InChI=1S/C24H15Cl2F2N7/c25-15-2-1-3-19(20(15)28)35-22(13-6-7-17(27)16(26)10-13)21(23(29)33-34-30)32-24(35)14-5-4-12-8-9-31-18(12)11-14/h1-11,31H,(H3,29,30,33). The van der Waals surface area contributed by atoms with Crippen molar-refractivity contribution in [2.75, 3.05) is 0 Å². The second-order valence-electron chi connectivity index (χ2n) is 7.53. The van der Waals surface area contributed by atoms with Gasteiger partial charge in [0.25, 0.3) is 0 Å². The number of benzene rings is 3. The summed E-state index contributed by atoms with van der Waals surface area (Å²) in [4.78, 5) is 7.81. The summed E-state index contributed by atoms with van der Waals surface area (Å²) in [6.45, 7) is 0. The molecule has 0 aliphatic heterocycles. The van der Waals surface area contributed by atoms with Gasteiger partial charge in [-0.15, -0.1) is 5.10 Å². The van der Waals surface area contributed by atoms with E-state index in [2.05, 4.69) is 20.3 Å². The highest BCUT2D eigenvalue weighted by atomic mass is 35.5. The van der Waals surface area contributed by atoms with Crippen molar-refractivity contribution in [1.82, 2.24) is 14.5 Å². The van der Waals surface area contributed by atoms with Crippen molar-refractivity contribution >= 4 is 39.9 Å². The van der Waals surface area contributed by atoms with Crippen LogP contribution >= 0.6 is 23.2 Å². The number of amidine groups is 1. The highest BCUT2D eigenvalue weighted by Gasteiger charge is 2.26. The number of nitrogens with zero attached hydrogens (tertiary/aromatic N) is 4. The molecule has 0 aliphatic rings. The summed E-state index contributed by atoms with van der Waals surface area (Å²) in [6, 6.07) is 16.0. The number of H-pyrrole nitrogens is 1. The summed E-state index contributed by atoms with van der Waals surface area (Å²) < 4.78 is 30.9. The number of hydrogen-bond acceptors (Lipinski definition) is 3. The van der Waals surface area contributed by atoms with Crippen LogP contribution in [0.1, 0.15) is 5.69 Å². The molecule has 0 radical (unpaired) electrons. The maximum absolute atomic E-state index is 15.4. The zero-order chi connectivity index (χ0) is 24.7. The van der Waals surface area contributed by atoms with Gasteiger partial charge in [-0.1, -0.05) is 46.6 Å². The lowest BCUT2D eigenvalue weighted by atomic mass is 10.1. The van der Waals surface area contributed by atoms with Gasteiger partial charge >= 0.3 is 0 Å². The third-order valence-corrected chi connectivity index (χ3v) is 6.04. The SMILES string of the molecule is N=NN=C(N)c1nc(-c2ccc3cc[nH]c3c2)n(-c2cccc(Cl)c2F)c1-c1ccc(F)c(Cl)c1. The Kier molecular flexibility index (Phi) is 5.80. The molecule has 0 aliphatic carbocycles. The second kappa shape index (κ2) is 8.94. The molecule has 0 unspecified atom stereocenters. The van der Waals surface area contributed by atoms with Crippen LogP contribution in [0.4, 0.5) is 8.78 Å². The van der Waals surface area contributed by atoms with Gasteiger partial charge in [0.1, 0.15) is 17.3 Å². The normalized spacial score (nSPS) is 11.8. The fourth-order valence-corrected chi connectivity index (χ4v) is 4.24. The number of hydrogen-bond donors (Lipinski definition) is 3. The van der Waals surface area contributed by atoms with Crippen LogP contribution in [-0.2, 0) is 0 Å². The van der Waals surface area contributed by atoms with Gasteiger partial charge in [-0.2, -0.15) is 5.53 Å². The molecule has 0 atom stereocenters. The Bertz CT molecular complexity index is 1640. The molecule has 35 heavy (non-hydrogen) atoms. The van der Waals surface area contributed by atoms with Gasteiger partial charge in [0.15, 0.2) is 11.7 Å². The molecule has 11 heteroatoms. The van der Waals surface area contributed by atoms with Crippen molar-refractivity contribution in [3.05, 3.63) is 94.2 Å². The molecule has 5 aromatic rings. The number of nitrogens with two attached hydrogens (primary N) is 1. The fourth-order valence-electron chi connectivity index (χ4n) is 3.89. The molecule has 0 saturated heterocycles. The molecule has 0 fully saturated rings. The molecular weight excluding hydrogens is 495 g/mol. The number of imidazole rings is 1. The van der Waals surface area contributed by atoms with Crippen molar-refractivity contribution < 1.29 is 8.78 Å². The summed E-state index contributed by atoms with van der Waals surface area (Å²) in [5.74, 6) is -1.22. The van der Waals surface area contributed by atoms with Crippen LogP contribution in [0.2, 0.25) is 10.0 Å². The van der Waals surface area contributed by atoms with E-state index >= 15 is 4.39 Å². The zero-order valence-electron chi connectivity index (χ0n) is 17.7. The maximum atomic E-state index is 15.4. The van der Waals surface area contributed by atoms with Crippen LogP contribution in [0.15, 0.2) is 77.2 Å². The van der Waals surface area contributed by atoms with E-state index in [0.29, 0.717) is 17.0 Å². The first-order chi connectivity index (χ1) is 16.9. The third kappa shape index (κ3) is 3.94. The number of aromatic nitrogens is 3. The van der Waals surface area contributed by atoms with Gasteiger partial charge in [0.05, 0.1) is 21.4 Å². The Morgan fingerprint density at radius 1 is 1.00 bits per heavy atom. The summed E-state index contributed by atoms with van der Waals surface area (Å²) in [5, 5.41) is 7.35. The second-order valence-corrected chi connectivity index (χ2v) is 8.35. The molecule has 0 bridgehead atoms. The van der Waals surface area contributed by atoms with Crippen molar-refractivity contribution in [3.63, 3.8) is 0 Å². The van der Waals surface area contributed by atoms with E-state index in [1.54, 1.807) is 12.3 Å². The van der Waals surface area contributed by atoms with Crippen LogP contribution in [0, 0.1) is 17.2 Å². The molecule has 5 rings (SSSR count). The highest BCUT2D eigenvalue weighted by molar-refractivity contribution is 6.31. The first-order valence-corrected chi connectivity index (χ1v) is 10.9. The minimum absolute atomic E-state index is 0.0730. The van der Waals surface area contributed by atoms with Gasteiger partial charge < -0.3 is 10.7 Å². The van der Waals surface area contributed by atoms with Crippen molar-refractivity contribution in [2.24, 2.45) is 16.1 Å². The monoisotopic (exact) mass is 509 g/mol. The lowest BCUT2D eigenvalue weighted by Gasteiger charge is -2.15. The molecular formula is C24H15Cl2F2N7. The van der Waals surface area contributed by atoms with Gasteiger partial charge in [0, 0.05) is 22.8 Å². The Labute approximate surface area is 207 Å². The van der Waals surface area contributed by atoms with E-state index < -0.39 is 11.6 Å². The Morgan fingerprint density at radius 2 is 1.80 bits per heavy atom. The third-order valence-electron chi connectivity index (χ3n) is 5.46. The van der Waals surface area contributed by atoms with Gasteiger partial charge in [0.2, 0.25) is 0 Å². The van der Waals surface area contributed by atoms with E-state index in [-0.39, 0.29) is 33.0 Å². The number of nitrogens with one attached hydrogen (secondary N) is 2. The predicted molar refractivity (Wildman–Crippen MR) is 132 cm³/mol. The van der Waals surface area contributed by atoms with E-state index in [4.69, 9.17) is 34.5 Å². The van der Waals surface area contributed by atoms with Crippen LogP contribution in [-0.4, -0.2) is 20.4 Å². The van der Waals surface area contributed by atoms with E-state index in [1.807, 2.05) is 24.3 Å². The van der Waals surface area contributed by atoms with Crippen molar-refractivity contribution in [1.29, 1.82) is 5.53 Å². The summed E-state index contributed by atoms with van der Waals surface area (Å²) in [6.07, 6.45) is 1.80. The minimum Gasteiger partial charge on any atom is -0.380 e. The average molecular weight is 510 g/mol. The number of aromatic amines is 1. The minimum atomic E-state index is -0.699.